The van der Waals surface area contributed by atoms with Crippen LogP contribution < -0.4 is 21.2 Å². The summed E-state index contributed by atoms with van der Waals surface area (Å²) in [5.74, 6) is 0. The summed E-state index contributed by atoms with van der Waals surface area (Å²) in [6.45, 7) is 0. The van der Waals surface area contributed by atoms with Gasteiger partial charge in [-0.3, -0.25) is 0 Å². The van der Waals surface area contributed by atoms with Crippen LogP contribution in [0.1, 0.15) is 0 Å². The van der Waals surface area contributed by atoms with E-state index in [0.717, 1.165) is 0 Å². The Morgan fingerprint density at radius 2 is 1.12 bits per heavy atom. The Bertz CT molecular complexity index is 709. The van der Waals surface area contributed by atoms with Gasteiger partial charge in [0.15, 0.2) is 19.5 Å². The summed E-state index contributed by atoms with van der Waals surface area (Å²) in [5, 5.41) is 0. The van der Waals surface area contributed by atoms with E-state index < -0.39 is 34.4 Å². The predicted molar refractivity (Wildman–Crippen MR) is 80.7 cm³/mol. The van der Waals surface area contributed by atoms with Crippen LogP contribution in [0.2, 0.25) is 0 Å². The number of alkyl halides is 5. The summed E-state index contributed by atoms with van der Waals surface area (Å²) >= 11 is 0.0287. The average molecular weight is 508 g/mol. The van der Waals surface area contributed by atoms with Crippen LogP contribution in [0.4, 0.5) is 22.0 Å². The summed E-state index contributed by atoms with van der Waals surface area (Å²) in [6, 6.07) is 21.4. The van der Waals surface area contributed by atoms with Gasteiger partial charge in [0.05, 0.1) is 0 Å². The molecule has 26 heavy (non-hydrogen) atoms. The third-order valence-corrected chi connectivity index (χ3v) is 6.25. The van der Waals surface area contributed by atoms with Gasteiger partial charge in [0.1, 0.15) is 10.1 Å². The fourth-order valence-electron chi connectivity index (χ4n) is 1.52. The maximum atomic E-state index is 12.1. The third kappa shape index (κ3) is 7.96. The van der Waals surface area contributed by atoms with Crippen molar-refractivity contribution in [1.29, 1.82) is 0 Å². The lowest BCUT2D eigenvalue weighted by molar-refractivity contribution is -0.597. The number of benzene rings is 2. The van der Waals surface area contributed by atoms with E-state index in [1.54, 1.807) is 0 Å². The molecule has 0 N–H and O–H groups in total. The first-order valence-corrected chi connectivity index (χ1v) is 10.7. The highest BCUT2D eigenvalue weighted by Crippen LogP contribution is 2.20. The van der Waals surface area contributed by atoms with Crippen molar-refractivity contribution < 1.29 is 56.1 Å². The molecular weight excluding hydrogens is 494 g/mol. The lowest BCUT2D eigenvalue weighted by Gasteiger charge is -2.18. The maximum Gasteiger partial charge on any atom is 0.357 e. The molecule has 3 unspecified atom stereocenters. The smallest absolute Gasteiger partial charge is 0.357 e. The molecule has 0 aliphatic rings. The number of hydrogen-bond donors (Lipinski definition) is 0. The number of halogens is 6. The van der Waals surface area contributed by atoms with Crippen molar-refractivity contribution in [2.75, 3.05) is 0 Å². The van der Waals surface area contributed by atoms with Crippen LogP contribution in [-0.2, 0) is 10.1 Å². The second-order valence-electron chi connectivity index (χ2n) is 4.75. The quantitative estimate of drug-likeness (QED) is 0.326. The Hall–Kier alpha value is -1.27. The van der Waals surface area contributed by atoms with Gasteiger partial charge in [0.2, 0.25) is 5.50 Å². The molecule has 10 heteroatoms. The summed E-state index contributed by atoms with van der Waals surface area (Å²) in [5.41, 5.74) is -3.81. The van der Waals surface area contributed by atoms with Gasteiger partial charge < -0.3 is 4.55 Å². The molecule has 0 aliphatic carbocycles. The van der Waals surface area contributed by atoms with Gasteiger partial charge in [-0.25, -0.2) is 30.4 Å². The van der Waals surface area contributed by atoms with Crippen LogP contribution in [0.15, 0.2) is 60.7 Å². The molecular formula is C16H14F5IO3S. The van der Waals surface area contributed by atoms with Crippen LogP contribution in [0.3, 0.4) is 0 Å². The maximum absolute atomic E-state index is 12.1. The molecule has 0 fully saturated rings. The van der Waals surface area contributed by atoms with Crippen molar-refractivity contribution in [2.24, 2.45) is 0 Å². The van der Waals surface area contributed by atoms with E-state index in [2.05, 4.69) is 60.7 Å². The SMILES string of the molecule is O=S(=O)([O-])C(F)C(F)C(F)C(F)F.c1ccc([I+]c2ccccc2)cc1. The summed E-state index contributed by atoms with van der Waals surface area (Å²) in [6.07, 6.45) is -11.2. The fourth-order valence-corrected chi connectivity index (χ4v) is 4.26. The van der Waals surface area contributed by atoms with E-state index >= 15 is 0 Å². The Morgan fingerprint density at radius 3 is 1.42 bits per heavy atom. The van der Waals surface area contributed by atoms with Crippen molar-refractivity contribution in [1.82, 2.24) is 0 Å². The first-order valence-electron chi connectivity index (χ1n) is 7.03. The minimum atomic E-state index is -5.75. The molecule has 0 saturated carbocycles. The highest BCUT2D eigenvalue weighted by molar-refractivity contribution is 7.86. The lowest BCUT2D eigenvalue weighted by Crippen LogP contribution is -3.61. The van der Waals surface area contributed by atoms with Crippen LogP contribution in [0, 0.1) is 7.14 Å². The summed E-state index contributed by atoms with van der Waals surface area (Å²) in [7, 11) is -5.75. The minimum absolute atomic E-state index is 0.0287. The fraction of sp³-hybridized carbons (Fsp3) is 0.250. The molecule has 144 valence electrons. The number of hydrogen-bond acceptors (Lipinski definition) is 3. The Balaban J connectivity index is 0.000000260. The van der Waals surface area contributed by atoms with E-state index in [1.807, 2.05) is 0 Å². The van der Waals surface area contributed by atoms with Crippen molar-refractivity contribution >= 4 is 10.1 Å². The Kier molecular flexibility index (Phi) is 9.44. The minimum Gasteiger partial charge on any atom is -0.746 e. The van der Waals surface area contributed by atoms with Crippen molar-refractivity contribution in [2.45, 2.75) is 24.3 Å². The van der Waals surface area contributed by atoms with Crippen LogP contribution in [0.25, 0.3) is 0 Å². The Morgan fingerprint density at radius 1 is 0.731 bits per heavy atom. The molecule has 0 amide bonds. The molecule has 0 saturated heterocycles. The van der Waals surface area contributed by atoms with Crippen molar-refractivity contribution in [3.05, 3.63) is 67.8 Å². The zero-order valence-corrected chi connectivity index (χ0v) is 16.0. The molecule has 2 aromatic rings. The van der Waals surface area contributed by atoms with Gasteiger partial charge in [-0.2, -0.15) is 0 Å². The largest absolute Gasteiger partial charge is 0.746 e. The van der Waals surface area contributed by atoms with Crippen LogP contribution in [-0.4, -0.2) is 37.2 Å². The summed E-state index contributed by atoms with van der Waals surface area (Å²) in [4.78, 5) is 0. The zero-order chi connectivity index (χ0) is 19.7. The van der Waals surface area contributed by atoms with E-state index in [0.29, 0.717) is 0 Å². The van der Waals surface area contributed by atoms with Gasteiger partial charge in [0.25, 0.3) is 6.43 Å². The van der Waals surface area contributed by atoms with E-state index in [4.69, 9.17) is 0 Å². The van der Waals surface area contributed by atoms with Gasteiger partial charge in [-0.05, 0) is 24.3 Å². The molecule has 3 nitrogen and oxygen atoms in total. The average Bonchev–Trinajstić information content (AvgIpc) is 2.61. The van der Waals surface area contributed by atoms with Gasteiger partial charge in [-0.1, -0.05) is 36.4 Å². The third-order valence-electron chi connectivity index (χ3n) is 2.76. The lowest BCUT2D eigenvalue weighted by atomic mass is 10.3. The standard InChI is InChI=1S/C12H10I.C4H5F5O3S/c1-3-7-11(8-4-1)13-12-9-5-2-6-10-12;5-1(3(7)8)2(6)4(9)13(10,11)12/h1-10H;1-4H,(H,10,11,12)/q+1;/p-1. The first kappa shape index (κ1) is 22.8. The summed E-state index contributed by atoms with van der Waals surface area (Å²) < 4.78 is 90.9. The van der Waals surface area contributed by atoms with Crippen LogP contribution in [0.5, 0.6) is 0 Å². The second-order valence-corrected chi connectivity index (χ2v) is 9.22. The highest BCUT2D eigenvalue weighted by atomic mass is 127. The van der Waals surface area contributed by atoms with Crippen LogP contribution >= 0.6 is 0 Å². The monoisotopic (exact) mass is 508 g/mol. The zero-order valence-electron chi connectivity index (χ0n) is 13.0. The molecule has 0 bridgehead atoms. The van der Waals surface area contributed by atoms with Gasteiger partial charge in [0, 0.05) is 0 Å². The highest BCUT2D eigenvalue weighted by Gasteiger charge is 2.39. The van der Waals surface area contributed by atoms with Crippen molar-refractivity contribution in [3.63, 3.8) is 0 Å². The topological polar surface area (TPSA) is 57.2 Å². The number of rotatable bonds is 6. The Labute approximate surface area is 158 Å². The van der Waals surface area contributed by atoms with E-state index in [9.17, 15) is 34.9 Å². The molecule has 0 radical (unpaired) electrons. The van der Waals surface area contributed by atoms with E-state index in [1.165, 1.54) is 7.14 Å². The molecule has 2 rings (SSSR count). The van der Waals surface area contributed by atoms with Gasteiger partial charge >= 0.3 is 21.2 Å². The first-order chi connectivity index (χ1) is 12.1. The molecule has 0 spiro atoms. The normalized spacial score (nSPS) is 14.9. The molecule has 0 aliphatic heterocycles. The van der Waals surface area contributed by atoms with E-state index in [-0.39, 0.29) is 21.2 Å². The molecule has 3 atom stereocenters. The molecule has 0 heterocycles. The second kappa shape index (κ2) is 10.8. The molecule has 2 aromatic carbocycles. The predicted octanol–water partition coefficient (Wildman–Crippen LogP) is 0.583. The molecule has 0 aromatic heterocycles. The van der Waals surface area contributed by atoms with Crippen molar-refractivity contribution in [3.8, 4) is 0 Å². The van der Waals surface area contributed by atoms with Gasteiger partial charge in [-0.15, -0.1) is 0 Å².